The van der Waals surface area contributed by atoms with E-state index in [2.05, 4.69) is 15.8 Å². The first kappa shape index (κ1) is 13.2. The highest BCUT2D eigenvalue weighted by molar-refractivity contribution is 7.80. The predicted molar refractivity (Wildman–Crippen MR) is 76.7 cm³/mol. The molecule has 0 aliphatic carbocycles. The van der Waals surface area contributed by atoms with Crippen LogP contribution in [0.3, 0.4) is 0 Å². The fraction of sp³-hybridized carbons (Fsp3) is 0.0769. The molecule has 0 saturated heterocycles. The lowest BCUT2D eigenvalue weighted by molar-refractivity contribution is 0.556. The Hall–Kier alpha value is -2.21. The number of rotatable bonds is 3. The lowest BCUT2D eigenvalue weighted by Gasteiger charge is -2.07. The van der Waals surface area contributed by atoms with Gasteiger partial charge in [0.1, 0.15) is 17.3 Å². The first-order chi connectivity index (χ1) is 9.15. The minimum Gasteiger partial charge on any atom is -0.463 e. The van der Waals surface area contributed by atoms with Crippen LogP contribution < -0.4 is 10.7 Å². The number of thiocarbonyl (C=S) groups is 1. The number of hydrogen-bond donors (Lipinski definition) is 2. The molecule has 0 atom stereocenters. The lowest BCUT2D eigenvalue weighted by Crippen LogP contribution is -2.24. The summed E-state index contributed by atoms with van der Waals surface area (Å²) in [6.45, 7) is 1.80. The number of furan rings is 1. The van der Waals surface area contributed by atoms with Crippen molar-refractivity contribution < 1.29 is 8.81 Å². The molecule has 2 rings (SSSR count). The van der Waals surface area contributed by atoms with Crippen LogP contribution in [0, 0.1) is 5.82 Å². The number of benzene rings is 1. The van der Waals surface area contributed by atoms with Crippen molar-refractivity contribution in [2.45, 2.75) is 6.92 Å². The van der Waals surface area contributed by atoms with Crippen molar-refractivity contribution in [3.8, 4) is 0 Å². The van der Waals surface area contributed by atoms with Gasteiger partial charge in [0.05, 0.1) is 6.26 Å². The zero-order valence-electron chi connectivity index (χ0n) is 10.2. The summed E-state index contributed by atoms with van der Waals surface area (Å²) in [6, 6.07) is 9.46. The van der Waals surface area contributed by atoms with E-state index >= 15 is 0 Å². The largest absolute Gasteiger partial charge is 0.463 e. The van der Waals surface area contributed by atoms with Crippen molar-refractivity contribution >= 4 is 28.7 Å². The van der Waals surface area contributed by atoms with Crippen LogP contribution in [-0.2, 0) is 0 Å². The van der Waals surface area contributed by atoms with Gasteiger partial charge in [0.15, 0.2) is 5.11 Å². The quantitative estimate of drug-likeness (QED) is 0.514. The van der Waals surface area contributed by atoms with E-state index in [4.69, 9.17) is 16.6 Å². The Morgan fingerprint density at radius 1 is 1.26 bits per heavy atom. The Morgan fingerprint density at radius 2 is 2.00 bits per heavy atom. The van der Waals surface area contributed by atoms with Crippen LogP contribution in [0.1, 0.15) is 12.7 Å². The van der Waals surface area contributed by atoms with Crippen LogP contribution in [0.2, 0.25) is 0 Å². The highest BCUT2D eigenvalue weighted by Gasteiger charge is 2.01. The first-order valence-corrected chi connectivity index (χ1v) is 5.97. The van der Waals surface area contributed by atoms with Crippen molar-refractivity contribution in [3.05, 3.63) is 54.2 Å². The molecular formula is C13H12FN3OS. The highest BCUT2D eigenvalue weighted by atomic mass is 32.1. The average molecular weight is 277 g/mol. The molecule has 2 aromatic rings. The molecule has 1 aromatic heterocycles. The van der Waals surface area contributed by atoms with E-state index in [0.717, 1.165) is 0 Å². The lowest BCUT2D eigenvalue weighted by atomic mass is 10.3. The second kappa shape index (κ2) is 6.10. The molecule has 1 aromatic carbocycles. The second-order valence-corrected chi connectivity index (χ2v) is 4.16. The van der Waals surface area contributed by atoms with Gasteiger partial charge < -0.3 is 9.73 Å². The van der Waals surface area contributed by atoms with Crippen molar-refractivity contribution in [2.75, 3.05) is 5.32 Å². The van der Waals surface area contributed by atoms with Gasteiger partial charge in [0.2, 0.25) is 0 Å². The van der Waals surface area contributed by atoms with Crippen LogP contribution in [-0.4, -0.2) is 10.8 Å². The molecule has 98 valence electrons. The van der Waals surface area contributed by atoms with Gasteiger partial charge in [-0.2, -0.15) is 5.10 Å². The minimum atomic E-state index is -0.295. The number of nitrogens with zero attached hydrogens (tertiary/aromatic N) is 1. The fourth-order valence-corrected chi connectivity index (χ4v) is 1.53. The van der Waals surface area contributed by atoms with Gasteiger partial charge in [-0.3, -0.25) is 5.43 Å². The van der Waals surface area contributed by atoms with E-state index in [0.29, 0.717) is 22.3 Å². The van der Waals surface area contributed by atoms with Crippen LogP contribution >= 0.6 is 12.2 Å². The Bertz CT molecular complexity index is 578. The van der Waals surface area contributed by atoms with Gasteiger partial charge in [-0.15, -0.1) is 0 Å². The van der Waals surface area contributed by atoms with Crippen molar-refractivity contribution in [3.63, 3.8) is 0 Å². The maximum Gasteiger partial charge on any atom is 0.191 e. The molecule has 0 saturated carbocycles. The summed E-state index contributed by atoms with van der Waals surface area (Å²) in [6.07, 6.45) is 1.57. The number of nitrogens with one attached hydrogen (secondary N) is 2. The molecule has 6 heteroatoms. The maximum atomic E-state index is 12.7. The Morgan fingerprint density at radius 3 is 2.63 bits per heavy atom. The van der Waals surface area contributed by atoms with Crippen LogP contribution in [0.15, 0.2) is 52.2 Å². The fourth-order valence-electron chi connectivity index (χ4n) is 1.37. The number of hydrazone groups is 1. The molecule has 0 amide bonds. The smallest absolute Gasteiger partial charge is 0.191 e. The third-order valence-electron chi connectivity index (χ3n) is 2.31. The van der Waals surface area contributed by atoms with Gasteiger partial charge in [0.25, 0.3) is 0 Å². The van der Waals surface area contributed by atoms with Crippen LogP contribution in [0.4, 0.5) is 10.1 Å². The van der Waals surface area contributed by atoms with Gasteiger partial charge >= 0.3 is 0 Å². The molecule has 2 N–H and O–H groups in total. The standard InChI is InChI=1S/C13H12FN3OS/c1-9(12-3-2-8-18-12)16-17-13(19)15-11-6-4-10(14)5-7-11/h2-8H,1H3,(H2,15,17,19)/b16-9-. The summed E-state index contributed by atoms with van der Waals surface area (Å²) in [5.41, 5.74) is 4.05. The maximum absolute atomic E-state index is 12.7. The van der Waals surface area contributed by atoms with E-state index < -0.39 is 0 Å². The Kier molecular flexibility index (Phi) is 4.25. The summed E-state index contributed by atoms with van der Waals surface area (Å²) < 4.78 is 17.9. The van der Waals surface area contributed by atoms with Crippen LogP contribution in [0.5, 0.6) is 0 Å². The number of halogens is 1. The van der Waals surface area contributed by atoms with Gasteiger partial charge in [0, 0.05) is 5.69 Å². The summed E-state index contributed by atoms with van der Waals surface area (Å²) in [4.78, 5) is 0. The third kappa shape index (κ3) is 3.89. The summed E-state index contributed by atoms with van der Waals surface area (Å²) >= 11 is 5.06. The molecule has 0 aliphatic heterocycles. The summed E-state index contributed by atoms with van der Waals surface area (Å²) in [5.74, 6) is 0.369. The molecular weight excluding hydrogens is 265 g/mol. The average Bonchev–Trinajstić information content (AvgIpc) is 2.93. The molecule has 0 bridgehead atoms. The van der Waals surface area contributed by atoms with Crippen molar-refractivity contribution in [2.24, 2.45) is 5.10 Å². The second-order valence-electron chi connectivity index (χ2n) is 3.75. The molecule has 19 heavy (non-hydrogen) atoms. The molecule has 0 radical (unpaired) electrons. The minimum absolute atomic E-state index is 0.295. The SMILES string of the molecule is C/C(=N/NC(=S)Nc1ccc(F)cc1)c1ccco1. The summed E-state index contributed by atoms with van der Waals surface area (Å²) in [5, 5.41) is 7.28. The summed E-state index contributed by atoms with van der Waals surface area (Å²) in [7, 11) is 0. The molecule has 0 unspecified atom stereocenters. The Balaban J connectivity index is 1.91. The van der Waals surface area contributed by atoms with E-state index in [1.165, 1.54) is 12.1 Å². The van der Waals surface area contributed by atoms with Crippen molar-refractivity contribution in [1.82, 2.24) is 5.43 Å². The normalized spacial score (nSPS) is 11.2. The van der Waals surface area contributed by atoms with Crippen LogP contribution in [0.25, 0.3) is 0 Å². The molecule has 4 nitrogen and oxygen atoms in total. The molecule has 1 heterocycles. The van der Waals surface area contributed by atoms with Crippen molar-refractivity contribution in [1.29, 1.82) is 0 Å². The highest BCUT2D eigenvalue weighted by Crippen LogP contribution is 2.08. The molecule has 0 aliphatic rings. The monoisotopic (exact) mass is 277 g/mol. The van der Waals surface area contributed by atoms with Gasteiger partial charge in [-0.25, -0.2) is 4.39 Å². The molecule has 0 spiro atoms. The number of anilines is 1. The Labute approximate surface area is 115 Å². The number of hydrogen-bond acceptors (Lipinski definition) is 3. The zero-order chi connectivity index (χ0) is 13.7. The van der Waals surface area contributed by atoms with E-state index in [-0.39, 0.29) is 5.82 Å². The predicted octanol–water partition coefficient (Wildman–Crippen LogP) is 3.13. The van der Waals surface area contributed by atoms with E-state index in [1.807, 2.05) is 0 Å². The molecule has 0 fully saturated rings. The first-order valence-electron chi connectivity index (χ1n) is 5.56. The van der Waals surface area contributed by atoms with Gasteiger partial charge in [-0.05, 0) is 55.5 Å². The topological polar surface area (TPSA) is 49.6 Å². The van der Waals surface area contributed by atoms with E-state index in [1.54, 1.807) is 37.5 Å². The van der Waals surface area contributed by atoms with E-state index in [9.17, 15) is 4.39 Å². The zero-order valence-corrected chi connectivity index (χ0v) is 11.0. The third-order valence-corrected chi connectivity index (χ3v) is 2.50. The van der Waals surface area contributed by atoms with Gasteiger partial charge in [-0.1, -0.05) is 0 Å².